The van der Waals surface area contributed by atoms with Gasteiger partial charge >= 0.3 is 0 Å². The molecule has 0 amide bonds. The molecule has 60 valence electrons. The second-order valence-corrected chi connectivity index (χ2v) is 3.15. The van der Waals surface area contributed by atoms with Crippen LogP contribution in [0.15, 0.2) is 17.2 Å². The molecule has 1 aromatic heterocycles. The van der Waals surface area contributed by atoms with Gasteiger partial charge in [-0.05, 0) is 24.8 Å². The normalized spacial score (nSPS) is 10.1. The lowest BCUT2D eigenvalue weighted by molar-refractivity contribution is 0.276. The Balaban J connectivity index is 2.99. The highest BCUT2D eigenvalue weighted by Crippen LogP contribution is 2.18. The molecule has 0 atom stereocenters. The summed E-state index contributed by atoms with van der Waals surface area (Å²) in [6.07, 6.45) is 3.81. The van der Waals surface area contributed by atoms with Crippen molar-refractivity contribution in [2.75, 3.05) is 6.26 Å². The molecule has 2 nitrogen and oxygen atoms in total. The van der Waals surface area contributed by atoms with Gasteiger partial charge in [-0.1, -0.05) is 0 Å². The number of nitrogens with zero attached hydrogens (tertiary/aromatic N) is 1. The molecule has 0 aliphatic carbocycles. The van der Waals surface area contributed by atoms with Gasteiger partial charge in [-0.2, -0.15) is 0 Å². The molecule has 1 rings (SSSR count). The van der Waals surface area contributed by atoms with E-state index < -0.39 is 0 Å². The Morgan fingerprint density at radius 1 is 1.64 bits per heavy atom. The molecule has 0 saturated heterocycles. The number of rotatable bonds is 2. The fourth-order valence-electron chi connectivity index (χ4n) is 0.902. The number of hydrogen-bond donors (Lipinski definition) is 1. The van der Waals surface area contributed by atoms with Crippen LogP contribution in [-0.4, -0.2) is 16.3 Å². The van der Waals surface area contributed by atoms with Crippen molar-refractivity contribution in [1.82, 2.24) is 4.98 Å². The van der Waals surface area contributed by atoms with E-state index in [9.17, 15) is 0 Å². The Bertz CT molecular complexity index is 250. The van der Waals surface area contributed by atoms with E-state index in [2.05, 4.69) is 4.98 Å². The fraction of sp³-hybridized carbons (Fsp3) is 0.375. The number of thioether (sulfide) groups is 1. The third-order valence-corrected chi connectivity index (χ3v) is 2.37. The summed E-state index contributed by atoms with van der Waals surface area (Å²) in [6.45, 7) is 2.04. The van der Waals surface area contributed by atoms with Crippen molar-refractivity contribution in [2.45, 2.75) is 18.4 Å². The van der Waals surface area contributed by atoms with E-state index in [-0.39, 0.29) is 6.61 Å². The lowest BCUT2D eigenvalue weighted by Gasteiger charge is -2.02. The van der Waals surface area contributed by atoms with Crippen LogP contribution in [0, 0.1) is 6.92 Å². The standard InChI is InChI=1S/C8H11NOS/c1-6-3-7(5-10)9-4-8(6)11-2/h3-4,10H,5H2,1-2H3. The summed E-state index contributed by atoms with van der Waals surface area (Å²) in [6, 6.07) is 1.91. The summed E-state index contributed by atoms with van der Waals surface area (Å²) >= 11 is 1.67. The smallest absolute Gasteiger partial charge is 0.0853 e. The molecular formula is C8H11NOS. The zero-order valence-electron chi connectivity index (χ0n) is 6.66. The summed E-state index contributed by atoms with van der Waals surface area (Å²) in [5.74, 6) is 0. The van der Waals surface area contributed by atoms with Crippen molar-refractivity contribution in [2.24, 2.45) is 0 Å². The van der Waals surface area contributed by atoms with E-state index in [1.54, 1.807) is 18.0 Å². The number of pyridine rings is 1. The first-order valence-corrected chi connectivity index (χ1v) is 4.60. The number of hydrogen-bond acceptors (Lipinski definition) is 3. The molecule has 0 aliphatic heterocycles. The zero-order chi connectivity index (χ0) is 8.27. The van der Waals surface area contributed by atoms with Crippen LogP contribution >= 0.6 is 11.8 Å². The predicted octanol–water partition coefficient (Wildman–Crippen LogP) is 1.60. The van der Waals surface area contributed by atoms with E-state index >= 15 is 0 Å². The quantitative estimate of drug-likeness (QED) is 0.683. The first kappa shape index (κ1) is 8.56. The highest BCUT2D eigenvalue weighted by Gasteiger charge is 1.98. The average molecular weight is 169 g/mol. The topological polar surface area (TPSA) is 33.1 Å². The highest BCUT2D eigenvalue weighted by molar-refractivity contribution is 7.98. The summed E-state index contributed by atoms with van der Waals surface area (Å²) < 4.78 is 0. The Morgan fingerprint density at radius 2 is 2.36 bits per heavy atom. The lowest BCUT2D eigenvalue weighted by atomic mass is 10.2. The van der Waals surface area contributed by atoms with Crippen LogP contribution in [0.4, 0.5) is 0 Å². The van der Waals surface area contributed by atoms with Crippen LogP contribution in [0.2, 0.25) is 0 Å². The monoisotopic (exact) mass is 169 g/mol. The second-order valence-electron chi connectivity index (χ2n) is 2.30. The molecule has 0 unspecified atom stereocenters. The van der Waals surface area contributed by atoms with Crippen molar-refractivity contribution in [1.29, 1.82) is 0 Å². The van der Waals surface area contributed by atoms with Gasteiger partial charge in [0.2, 0.25) is 0 Å². The van der Waals surface area contributed by atoms with E-state index in [0.717, 1.165) is 5.69 Å². The van der Waals surface area contributed by atoms with E-state index in [0.29, 0.717) is 0 Å². The molecule has 0 spiro atoms. The van der Waals surface area contributed by atoms with Crippen molar-refractivity contribution in [3.8, 4) is 0 Å². The molecule has 0 saturated carbocycles. The SMILES string of the molecule is CSc1cnc(CO)cc1C. The maximum absolute atomic E-state index is 8.76. The van der Waals surface area contributed by atoms with Gasteiger partial charge < -0.3 is 5.11 Å². The first-order chi connectivity index (χ1) is 5.27. The summed E-state index contributed by atoms with van der Waals surface area (Å²) in [7, 11) is 0. The molecule has 0 aliphatic rings. The zero-order valence-corrected chi connectivity index (χ0v) is 7.48. The van der Waals surface area contributed by atoms with Gasteiger partial charge in [0.1, 0.15) is 0 Å². The van der Waals surface area contributed by atoms with E-state index in [1.807, 2.05) is 19.2 Å². The highest BCUT2D eigenvalue weighted by atomic mass is 32.2. The number of aliphatic hydroxyl groups is 1. The van der Waals surface area contributed by atoms with Crippen LogP contribution in [0.25, 0.3) is 0 Å². The van der Waals surface area contributed by atoms with Gasteiger partial charge in [-0.3, -0.25) is 4.98 Å². The van der Waals surface area contributed by atoms with Crippen molar-refractivity contribution in [3.63, 3.8) is 0 Å². The molecule has 1 heterocycles. The average Bonchev–Trinajstić information content (AvgIpc) is 2.04. The van der Waals surface area contributed by atoms with Crippen molar-refractivity contribution < 1.29 is 5.11 Å². The first-order valence-electron chi connectivity index (χ1n) is 3.38. The molecular weight excluding hydrogens is 158 g/mol. The molecule has 1 aromatic rings. The second kappa shape index (κ2) is 3.74. The lowest BCUT2D eigenvalue weighted by Crippen LogP contribution is -1.90. The van der Waals surface area contributed by atoms with Gasteiger partial charge in [0, 0.05) is 11.1 Å². The molecule has 0 radical (unpaired) electrons. The Kier molecular flexibility index (Phi) is 2.91. The maximum atomic E-state index is 8.76. The molecule has 0 fully saturated rings. The third-order valence-electron chi connectivity index (χ3n) is 1.50. The molecule has 1 N–H and O–H groups in total. The summed E-state index contributed by atoms with van der Waals surface area (Å²) in [5, 5.41) is 8.76. The number of aryl methyl sites for hydroxylation is 1. The van der Waals surface area contributed by atoms with Gasteiger partial charge in [0.15, 0.2) is 0 Å². The summed E-state index contributed by atoms with van der Waals surface area (Å²) in [5.41, 5.74) is 1.91. The Hall–Kier alpha value is -0.540. The van der Waals surface area contributed by atoms with Gasteiger partial charge in [0.05, 0.1) is 12.3 Å². The predicted molar refractivity (Wildman–Crippen MR) is 46.7 cm³/mol. The molecule has 11 heavy (non-hydrogen) atoms. The molecule has 0 aromatic carbocycles. The van der Waals surface area contributed by atoms with Crippen molar-refractivity contribution in [3.05, 3.63) is 23.5 Å². The summed E-state index contributed by atoms with van der Waals surface area (Å²) in [4.78, 5) is 5.23. The minimum Gasteiger partial charge on any atom is -0.390 e. The van der Waals surface area contributed by atoms with E-state index in [1.165, 1.54) is 10.5 Å². The minimum atomic E-state index is 0.0233. The van der Waals surface area contributed by atoms with Crippen LogP contribution in [-0.2, 0) is 6.61 Å². The van der Waals surface area contributed by atoms with Crippen molar-refractivity contribution >= 4 is 11.8 Å². The fourth-order valence-corrected chi connectivity index (χ4v) is 1.44. The molecule has 3 heteroatoms. The Morgan fingerprint density at radius 3 is 2.82 bits per heavy atom. The van der Waals surface area contributed by atoms with Crippen LogP contribution < -0.4 is 0 Å². The van der Waals surface area contributed by atoms with Gasteiger partial charge in [0.25, 0.3) is 0 Å². The molecule has 0 bridgehead atoms. The largest absolute Gasteiger partial charge is 0.390 e. The van der Waals surface area contributed by atoms with Crippen LogP contribution in [0.5, 0.6) is 0 Å². The van der Waals surface area contributed by atoms with E-state index in [4.69, 9.17) is 5.11 Å². The van der Waals surface area contributed by atoms with Crippen LogP contribution in [0.1, 0.15) is 11.3 Å². The maximum Gasteiger partial charge on any atom is 0.0853 e. The third kappa shape index (κ3) is 1.94. The minimum absolute atomic E-state index is 0.0233. The number of aliphatic hydroxyl groups excluding tert-OH is 1. The van der Waals surface area contributed by atoms with Crippen LogP contribution in [0.3, 0.4) is 0 Å². The van der Waals surface area contributed by atoms with Gasteiger partial charge in [-0.25, -0.2) is 0 Å². The van der Waals surface area contributed by atoms with Gasteiger partial charge in [-0.15, -0.1) is 11.8 Å². The number of aromatic nitrogens is 1. The Labute approximate surface area is 70.7 Å².